The van der Waals surface area contributed by atoms with Crippen molar-refractivity contribution in [1.82, 2.24) is 10.2 Å². The average Bonchev–Trinajstić information content (AvgIpc) is 3.59. The SMILES string of the molecule is COc1ccc(C)cc1N(CC(=O)N(Cc1ccccc1F)[C@@H](Cc1ccccc1)C(=O)NC1CCCC1)S(=O)(=O)c1ccccc1. The van der Waals surface area contributed by atoms with Crippen LogP contribution in [0.25, 0.3) is 0 Å². The molecule has 2 amide bonds. The number of ether oxygens (including phenoxy) is 1. The molecule has 246 valence electrons. The fraction of sp³-hybridized carbons (Fsp3) is 0.297. The van der Waals surface area contributed by atoms with Gasteiger partial charge in [-0.15, -0.1) is 0 Å². The molecule has 1 N–H and O–H groups in total. The lowest BCUT2D eigenvalue weighted by atomic mass is 10.0. The summed E-state index contributed by atoms with van der Waals surface area (Å²) in [6.07, 6.45) is 3.81. The highest BCUT2D eigenvalue weighted by Crippen LogP contribution is 2.34. The van der Waals surface area contributed by atoms with Crippen molar-refractivity contribution in [2.24, 2.45) is 0 Å². The van der Waals surface area contributed by atoms with E-state index in [1.54, 1.807) is 54.6 Å². The normalized spacial score (nSPS) is 13.9. The number of nitrogens with zero attached hydrogens (tertiary/aromatic N) is 2. The second-order valence-electron chi connectivity index (χ2n) is 11.8. The molecule has 1 saturated carbocycles. The van der Waals surface area contributed by atoms with Crippen LogP contribution in [0.4, 0.5) is 10.1 Å². The summed E-state index contributed by atoms with van der Waals surface area (Å²) in [5.41, 5.74) is 1.94. The average molecular weight is 658 g/mol. The number of carbonyl (C=O) groups excluding carboxylic acids is 2. The van der Waals surface area contributed by atoms with Crippen LogP contribution in [0.5, 0.6) is 5.75 Å². The minimum Gasteiger partial charge on any atom is -0.495 e. The summed E-state index contributed by atoms with van der Waals surface area (Å²) < 4.78 is 50.3. The number of rotatable bonds is 13. The molecule has 1 atom stereocenters. The van der Waals surface area contributed by atoms with E-state index in [4.69, 9.17) is 4.74 Å². The van der Waals surface area contributed by atoms with Gasteiger partial charge in [-0.1, -0.05) is 85.6 Å². The minimum atomic E-state index is -4.31. The van der Waals surface area contributed by atoms with E-state index in [0.29, 0.717) is 0 Å². The fourth-order valence-electron chi connectivity index (χ4n) is 5.96. The van der Waals surface area contributed by atoms with E-state index in [0.717, 1.165) is 41.1 Å². The molecule has 1 aliphatic rings. The highest BCUT2D eigenvalue weighted by Gasteiger charge is 2.36. The quantitative estimate of drug-likeness (QED) is 0.189. The summed E-state index contributed by atoms with van der Waals surface area (Å²) in [5.74, 6) is -1.31. The Bertz CT molecular complexity index is 1780. The second-order valence-corrected chi connectivity index (χ2v) is 13.7. The number of hydrogen-bond donors (Lipinski definition) is 1. The number of anilines is 1. The summed E-state index contributed by atoms with van der Waals surface area (Å²) in [7, 11) is -2.88. The van der Waals surface area contributed by atoms with Crippen LogP contribution in [-0.2, 0) is 32.6 Å². The maximum Gasteiger partial charge on any atom is 0.264 e. The maximum absolute atomic E-state index is 15.2. The molecule has 0 bridgehead atoms. The summed E-state index contributed by atoms with van der Waals surface area (Å²) >= 11 is 0. The summed E-state index contributed by atoms with van der Waals surface area (Å²) in [6.45, 7) is 0.907. The van der Waals surface area contributed by atoms with Crippen molar-refractivity contribution in [2.45, 2.75) is 62.6 Å². The molecule has 4 aromatic rings. The van der Waals surface area contributed by atoms with Crippen LogP contribution < -0.4 is 14.4 Å². The zero-order valence-electron chi connectivity index (χ0n) is 26.6. The first-order valence-corrected chi connectivity index (χ1v) is 17.2. The predicted molar refractivity (Wildman–Crippen MR) is 180 cm³/mol. The van der Waals surface area contributed by atoms with Gasteiger partial charge in [-0.25, -0.2) is 12.8 Å². The molecule has 5 rings (SSSR count). The first kappa shape index (κ1) is 33.7. The van der Waals surface area contributed by atoms with Crippen molar-refractivity contribution in [3.8, 4) is 5.75 Å². The zero-order valence-corrected chi connectivity index (χ0v) is 27.5. The van der Waals surface area contributed by atoms with E-state index in [1.807, 2.05) is 37.3 Å². The van der Waals surface area contributed by atoms with Gasteiger partial charge in [-0.05, 0) is 61.2 Å². The van der Waals surface area contributed by atoms with Crippen molar-refractivity contribution >= 4 is 27.5 Å². The Labute approximate surface area is 276 Å². The van der Waals surface area contributed by atoms with Crippen molar-refractivity contribution in [3.05, 3.63) is 126 Å². The smallest absolute Gasteiger partial charge is 0.264 e. The van der Waals surface area contributed by atoms with E-state index >= 15 is 4.39 Å². The third-order valence-electron chi connectivity index (χ3n) is 8.48. The molecule has 0 aliphatic heterocycles. The van der Waals surface area contributed by atoms with Gasteiger partial charge in [0.25, 0.3) is 10.0 Å². The zero-order chi connectivity index (χ0) is 33.4. The van der Waals surface area contributed by atoms with Gasteiger partial charge in [-0.2, -0.15) is 0 Å². The Hall–Kier alpha value is -4.70. The number of halogens is 1. The molecular weight excluding hydrogens is 617 g/mol. The van der Waals surface area contributed by atoms with Gasteiger partial charge in [0.05, 0.1) is 17.7 Å². The van der Waals surface area contributed by atoms with Crippen molar-refractivity contribution in [1.29, 1.82) is 0 Å². The molecule has 0 heterocycles. The van der Waals surface area contributed by atoms with Crippen LogP contribution in [0, 0.1) is 12.7 Å². The molecule has 1 fully saturated rings. The van der Waals surface area contributed by atoms with Gasteiger partial charge in [0.15, 0.2) is 0 Å². The fourth-order valence-corrected chi connectivity index (χ4v) is 7.40. The van der Waals surface area contributed by atoms with Gasteiger partial charge in [-0.3, -0.25) is 13.9 Å². The second kappa shape index (κ2) is 15.3. The van der Waals surface area contributed by atoms with Crippen LogP contribution >= 0.6 is 0 Å². The molecule has 0 aromatic heterocycles. The Morgan fingerprint density at radius 2 is 1.55 bits per heavy atom. The summed E-state index contributed by atoms with van der Waals surface area (Å²) in [4.78, 5) is 30.0. The molecular formula is C37H40FN3O5S. The third-order valence-corrected chi connectivity index (χ3v) is 10.3. The Morgan fingerprint density at radius 3 is 2.21 bits per heavy atom. The first-order chi connectivity index (χ1) is 22.7. The van der Waals surface area contributed by atoms with Gasteiger partial charge in [0, 0.05) is 24.6 Å². The van der Waals surface area contributed by atoms with E-state index in [-0.39, 0.29) is 46.8 Å². The molecule has 0 spiro atoms. The number of nitrogens with one attached hydrogen (secondary N) is 1. The number of carbonyl (C=O) groups is 2. The Morgan fingerprint density at radius 1 is 0.915 bits per heavy atom. The summed E-state index contributed by atoms with van der Waals surface area (Å²) in [5, 5.41) is 3.12. The number of aryl methyl sites for hydroxylation is 1. The van der Waals surface area contributed by atoms with E-state index in [2.05, 4.69) is 5.32 Å². The van der Waals surface area contributed by atoms with Gasteiger partial charge >= 0.3 is 0 Å². The first-order valence-electron chi connectivity index (χ1n) is 15.8. The Kier molecular flexibility index (Phi) is 10.9. The molecule has 1 aliphatic carbocycles. The lowest BCUT2D eigenvalue weighted by Crippen LogP contribution is -2.54. The number of hydrogen-bond acceptors (Lipinski definition) is 5. The van der Waals surface area contributed by atoms with Gasteiger partial charge in [0.2, 0.25) is 11.8 Å². The number of benzene rings is 4. The molecule has 4 aromatic carbocycles. The molecule has 0 radical (unpaired) electrons. The van der Waals surface area contributed by atoms with Gasteiger partial charge in [0.1, 0.15) is 24.2 Å². The van der Waals surface area contributed by atoms with Crippen molar-refractivity contribution < 1.29 is 27.1 Å². The molecule has 8 nitrogen and oxygen atoms in total. The predicted octanol–water partition coefficient (Wildman–Crippen LogP) is 6.04. The van der Waals surface area contributed by atoms with Crippen LogP contribution in [0.15, 0.2) is 108 Å². The minimum absolute atomic E-state index is 0.0168. The maximum atomic E-state index is 15.2. The van der Waals surface area contributed by atoms with E-state index < -0.39 is 34.3 Å². The standard InChI is InChI=1S/C37H40FN3O5S/c1-27-21-22-35(46-2)33(23-27)41(47(44,45)31-18-7-4-8-19-31)26-36(42)40(25-29-15-9-12-20-32(29)38)34(24-28-13-5-3-6-14-28)37(43)39-30-16-10-11-17-30/h3-9,12-15,18-23,30,34H,10-11,16-17,24-26H2,1-2H3,(H,39,43)/t34-/m0/s1. The van der Waals surface area contributed by atoms with E-state index in [1.165, 1.54) is 30.2 Å². The van der Waals surface area contributed by atoms with Crippen molar-refractivity contribution in [2.75, 3.05) is 18.0 Å². The van der Waals surface area contributed by atoms with Crippen LogP contribution in [0.3, 0.4) is 0 Å². The lowest BCUT2D eigenvalue weighted by molar-refractivity contribution is -0.140. The molecule has 47 heavy (non-hydrogen) atoms. The summed E-state index contributed by atoms with van der Waals surface area (Å²) in [6, 6.07) is 27.2. The lowest BCUT2D eigenvalue weighted by Gasteiger charge is -2.34. The number of methoxy groups -OCH3 is 1. The van der Waals surface area contributed by atoms with Crippen LogP contribution in [0.2, 0.25) is 0 Å². The largest absolute Gasteiger partial charge is 0.495 e. The van der Waals surface area contributed by atoms with Crippen molar-refractivity contribution in [3.63, 3.8) is 0 Å². The molecule has 0 saturated heterocycles. The van der Waals surface area contributed by atoms with E-state index in [9.17, 15) is 18.0 Å². The van der Waals surface area contributed by atoms with Gasteiger partial charge < -0.3 is 15.0 Å². The monoisotopic (exact) mass is 657 g/mol. The highest BCUT2D eigenvalue weighted by atomic mass is 32.2. The highest BCUT2D eigenvalue weighted by molar-refractivity contribution is 7.92. The van der Waals surface area contributed by atoms with Crippen LogP contribution in [-0.4, -0.2) is 50.9 Å². The third kappa shape index (κ3) is 8.18. The molecule has 10 heteroatoms. The number of sulfonamides is 1. The van der Waals surface area contributed by atoms with Crippen LogP contribution in [0.1, 0.15) is 42.4 Å². The Balaban J connectivity index is 1.61. The number of amides is 2. The molecule has 0 unspecified atom stereocenters. The topological polar surface area (TPSA) is 96.0 Å².